The van der Waals surface area contributed by atoms with Gasteiger partial charge in [0.1, 0.15) is 11.5 Å². The number of carbonyl (C=O) groups excluding carboxylic acids is 2. The Hall–Kier alpha value is -5.42. The van der Waals surface area contributed by atoms with E-state index >= 15 is 0 Å². The molecular formula is C40H38F6N4O6. The Kier molecular flexibility index (Phi) is 11.8. The molecule has 2 atom stereocenters. The quantitative estimate of drug-likeness (QED) is 0.0801. The number of nitrogens with one attached hydrogen (secondary N) is 2. The van der Waals surface area contributed by atoms with E-state index in [-0.39, 0.29) is 24.6 Å². The van der Waals surface area contributed by atoms with Crippen LogP contribution in [0.1, 0.15) is 33.4 Å². The molecule has 0 fully saturated rings. The van der Waals surface area contributed by atoms with E-state index in [9.17, 15) is 35.9 Å². The number of rotatable bonds is 10. The van der Waals surface area contributed by atoms with Gasteiger partial charge in [-0.2, -0.15) is 26.3 Å². The average Bonchev–Trinajstić information content (AvgIpc) is 3.42. The van der Waals surface area contributed by atoms with E-state index in [1.807, 2.05) is 12.1 Å². The third-order valence-corrected chi connectivity index (χ3v) is 9.40. The molecule has 4 aromatic rings. The van der Waals surface area contributed by atoms with Crippen LogP contribution in [-0.2, 0) is 55.8 Å². The van der Waals surface area contributed by atoms with E-state index in [0.29, 0.717) is 37.1 Å². The van der Waals surface area contributed by atoms with Crippen molar-refractivity contribution in [2.45, 2.75) is 36.8 Å². The molecule has 4 aromatic carbocycles. The Morgan fingerprint density at radius 3 is 1.29 bits per heavy atom. The molecule has 0 spiro atoms. The first kappa shape index (κ1) is 40.2. The van der Waals surface area contributed by atoms with Crippen LogP contribution in [0.4, 0.5) is 26.3 Å². The van der Waals surface area contributed by atoms with Gasteiger partial charge in [0.25, 0.3) is 11.6 Å². The Morgan fingerprint density at radius 2 is 0.946 bits per heavy atom. The number of benzene rings is 4. The number of ether oxygens (including phenoxy) is 4. The fourth-order valence-corrected chi connectivity index (χ4v) is 6.67. The van der Waals surface area contributed by atoms with Gasteiger partial charge in [0.05, 0.1) is 24.2 Å². The molecule has 2 unspecified atom stereocenters. The average molecular weight is 785 g/mol. The first-order valence-electron chi connectivity index (χ1n) is 17.5. The maximum Gasteiger partial charge on any atom is 0.416 e. The predicted molar refractivity (Wildman–Crippen MR) is 190 cm³/mol. The lowest BCUT2D eigenvalue weighted by molar-refractivity contribution is -0.208. The highest BCUT2D eigenvalue weighted by atomic mass is 19.4. The van der Waals surface area contributed by atoms with Crippen LogP contribution < -0.4 is 20.3 Å². The Morgan fingerprint density at radius 1 is 0.589 bits per heavy atom. The van der Waals surface area contributed by atoms with E-state index in [1.165, 1.54) is 0 Å². The SMILES string of the molecule is CNN1CCc2ccccc2C(OC(=O)/C=C\C(=O)OC2(Oc3ccc(C(F)(F)F)cc3)CN(NC)CCc3ccccc32)(Oc2ccc(C(F)(F)F)cc2)C1. The number of nitrogens with zero attached hydrogens (tertiary/aromatic N) is 2. The van der Waals surface area contributed by atoms with Gasteiger partial charge in [-0.15, -0.1) is 0 Å². The molecule has 2 aliphatic rings. The van der Waals surface area contributed by atoms with Crippen molar-refractivity contribution in [1.29, 1.82) is 0 Å². The number of hydrazine groups is 2. The molecule has 0 saturated heterocycles. The third-order valence-electron chi connectivity index (χ3n) is 9.40. The van der Waals surface area contributed by atoms with Crippen LogP contribution in [0.15, 0.2) is 109 Å². The van der Waals surface area contributed by atoms with Gasteiger partial charge in [0.15, 0.2) is 0 Å². The third kappa shape index (κ3) is 9.16. The maximum absolute atomic E-state index is 13.7. The second-order valence-corrected chi connectivity index (χ2v) is 13.0. The molecule has 0 aliphatic carbocycles. The van der Waals surface area contributed by atoms with Crippen LogP contribution in [0.2, 0.25) is 0 Å². The second kappa shape index (κ2) is 16.4. The molecule has 56 heavy (non-hydrogen) atoms. The highest BCUT2D eigenvalue weighted by molar-refractivity contribution is 5.92. The van der Waals surface area contributed by atoms with E-state index < -0.39 is 47.0 Å². The molecule has 10 nitrogen and oxygen atoms in total. The summed E-state index contributed by atoms with van der Waals surface area (Å²) in [7, 11) is 3.31. The monoisotopic (exact) mass is 784 g/mol. The molecule has 2 aliphatic heterocycles. The summed E-state index contributed by atoms with van der Waals surface area (Å²) in [6, 6.07) is 21.9. The van der Waals surface area contributed by atoms with Crippen molar-refractivity contribution in [2.75, 3.05) is 40.3 Å². The first-order chi connectivity index (χ1) is 26.6. The van der Waals surface area contributed by atoms with Crippen molar-refractivity contribution in [3.63, 3.8) is 0 Å². The minimum Gasteiger partial charge on any atom is -0.447 e. The minimum atomic E-state index is -4.59. The molecule has 0 saturated carbocycles. The molecule has 0 amide bonds. The lowest BCUT2D eigenvalue weighted by Gasteiger charge is -2.36. The van der Waals surface area contributed by atoms with Crippen molar-refractivity contribution in [3.8, 4) is 11.5 Å². The molecule has 2 heterocycles. The van der Waals surface area contributed by atoms with Crippen molar-refractivity contribution < 1.29 is 54.9 Å². The smallest absolute Gasteiger partial charge is 0.416 e. The normalized spacial score (nSPS) is 20.6. The number of carbonyl (C=O) groups is 2. The summed E-state index contributed by atoms with van der Waals surface area (Å²) in [5.74, 6) is -5.99. The lowest BCUT2D eigenvalue weighted by atomic mass is 9.98. The molecule has 296 valence electrons. The lowest BCUT2D eigenvalue weighted by Crippen LogP contribution is -2.51. The fourth-order valence-electron chi connectivity index (χ4n) is 6.67. The van der Waals surface area contributed by atoms with Crippen LogP contribution in [-0.4, -0.2) is 62.2 Å². The van der Waals surface area contributed by atoms with Gasteiger partial charge in [-0.05, 0) is 86.6 Å². The molecule has 6 rings (SSSR count). The summed E-state index contributed by atoms with van der Waals surface area (Å²) >= 11 is 0. The van der Waals surface area contributed by atoms with Gasteiger partial charge in [0.2, 0.25) is 0 Å². The number of hydrogen-bond donors (Lipinski definition) is 2. The first-order valence-corrected chi connectivity index (χ1v) is 17.5. The zero-order valence-electron chi connectivity index (χ0n) is 30.2. The topological polar surface area (TPSA) is 102 Å². The van der Waals surface area contributed by atoms with Crippen molar-refractivity contribution in [1.82, 2.24) is 20.9 Å². The fraction of sp³-hybridized carbons (Fsp3) is 0.300. The van der Waals surface area contributed by atoms with Gasteiger partial charge in [0, 0.05) is 36.4 Å². The summed E-state index contributed by atoms with van der Waals surface area (Å²) in [5.41, 5.74) is 6.60. The van der Waals surface area contributed by atoms with Gasteiger partial charge >= 0.3 is 24.3 Å². The van der Waals surface area contributed by atoms with Crippen molar-refractivity contribution in [2.24, 2.45) is 0 Å². The molecule has 16 heteroatoms. The van der Waals surface area contributed by atoms with Gasteiger partial charge < -0.3 is 18.9 Å². The second-order valence-electron chi connectivity index (χ2n) is 13.0. The Balaban J connectivity index is 1.32. The van der Waals surface area contributed by atoms with Gasteiger partial charge in [-0.25, -0.2) is 19.6 Å². The summed E-state index contributed by atoms with van der Waals surface area (Å²) < 4.78 is 105. The summed E-state index contributed by atoms with van der Waals surface area (Å²) in [6.07, 6.45) is -6.54. The van der Waals surface area contributed by atoms with Crippen molar-refractivity contribution >= 4 is 11.9 Å². The summed E-state index contributed by atoms with van der Waals surface area (Å²) in [6.45, 7) is 0.702. The van der Waals surface area contributed by atoms with Gasteiger partial charge in [-0.3, -0.25) is 10.9 Å². The van der Waals surface area contributed by atoms with E-state index in [1.54, 1.807) is 60.5 Å². The molecular weight excluding hydrogens is 746 g/mol. The van der Waals surface area contributed by atoms with Crippen LogP contribution in [0.3, 0.4) is 0 Å². The highest BCUT2D eigenvalue weighted by Gasteiger charge is 2.46. The standard InChI is InChI=1S/C40H38F6N4O6/c1-47-49-23-21-27-7-3-5-9-33(27)37(25-49,53-31-15-11-29(12-16-31)39(41,42)43)55-35(51)19-20-36(52)56-38(54-32-17-13-30(14-18-32)40(44,45)46)26-50(48-2)24-22-28-8-4-6-10-34(28)38/h3-20,47-48H,21-26H2,1-2H3/b20-19-. The van der Waals surface area contributed by atoms with E-state index in [4.69, 9.17) is 18.9 Å². The van der Waals surface area contributed by atoms with Crippen LogP contribution in [0.25, 0.3) is 0 Å². The molecule has 0 aromatic heterocycles. The Labute approximate surface area is 318 Å². The van der Waals surface area contributed by atoms with Crippen LogP contribution in [0, 0.1) is 0 Å². The molecule has 0 radical (unpaired) electrons. The van der Waals surface area contributed by atoms with Crippen molar-refractivity contribution in [3.05, 3.63) is 143 Å². The van der Waals surface area contributed by atoms with Crippen LogP contribution >= 0.6 is 0 Å². The number of alkyl halides is 6. The summed E-state index contributed by atoms with van der Waals surface area (Å²) in [5, 5.41) is 3.43. The highest BCUT2D eigenvalue weighted by Crippen LogP contribution is 2.39. The number of fused-ring (bicyclic) bond motifs is 2. The zero-order chi connectivity index (χ0) is 40.1. The molecule has 0 bridgehead atoms. The summed E-state index contributed by atoms with van der Waals surface area (Å²) in [4.78, 5) is 27.4. The molecule has 2 N–H and O–H groups in total. The van der Waals surface area contributed by atoms with Crippen LogP contribution in [0.5, 0.6) is 11.5 Å². The number of hydrogen-bond acceptors (Lipinski definition) is 10. The Bertz CT molecular complexity index is 1900. The maximum atomic E-state index is 13.7. The predicted octanol–water partition coefficient (Wildman–Crippen LogP) is 6.52. The van der Waals surface area contributed by atoms with E-state index in [2.05, 4.69) is 10.9 Å². The van der Waals surface area contributed by atoms with Gasteiger partial charge in [-0.1, -0.05) is 48.5 Å². The largest absolute Gasteiger partial charge is 0.447 e. The zero-order valence-corrected chi connectivity index (χ0v) is 30.2. The minimum absolute atomic E-state index is 0.0228. The number of esters is 2. The van der Waals surface area contributed by atoms with E-state index in [0.717, 1.165) is 71.8 Å². The number of halogens is 6.